The predicted octanol–water partition coefficient (Wildman–Crippen LogP) is 1.50. The molecular formula is C16H25N3O2. The van der Waals surface area contributed by atoms with Crippen molar-refractivity contribution in [3.8, 4) is 5.75 Å². The lowest BCUT2D eigenvalue weighted by Crippen LogP contribution is -2.36. The van der Waals surface area contributed by atoms with Crippen molar-refractivity contribution in [2.75, 3.05) is 38.5 Å². The highest BCUT2D eigenvalue weighted by molar-refractivity contribution is 5.77. The van der Waals surface area contributed by atoms with E-state index in [-0.39, 0.29) is 12.5 Å². The number of nitrogens with two attached hydrogens (primary N) is 1. The molecule has 0 aliphatic carbocycles. The lowest BCUT2D eigenvalue weighted by molar-refractivity contribution is -0.123. The largest absolute Gasteiger partial charge is 0.484 e. The summed E-state index contributed by atoms with van der Waals surface area (Å²) < 4.78 is 5.41. The first-order valence-electron chi connectivity index (χ1n) is 7.61. The molecule has 0 aromatic heterocycles. The van der Waals surface area contributed by atoms with Crippen LogP contribution in [0.4, 0.5) is 5.69 Å². The zero-order chi connectivity index (χ0) is 15.1. The average Bonchev–Trinajstić information content (AvgIpc) is 2.97. The Hall–Kier alpha value is -1.75. The average molecular weight is 291 g/mol. The Kier molecular flexibility index (Phi) is 5.87. The summed E-state index contributed by atoms with van der Waals surface area (Å²) in [6.07, 6.45) is 2.60. The van der Waals surface area contributed by atoms with Crippen LogP contribution in [0.25, 0.3) is 0 Å². The monoisotopic (exact) mass is 291 g/mol. The summed E-state index contributed by atoms with van der Waals surface area (Å²) in [5, 5.41) is 2.92. The molecule has 1 heterocycles. The van der Waals surface area contributed by atoms with E-state index in [2.05, 4.69) is 17.1 Å². The van der Waals surface area contributed by atoms with Gasteiger partial charge in [-0.2, -0.15) is 0 Å². The minimum atomic E-state index is -0.0832. The third-order valence-corrected chi connectivity index (χ3v) is 3.67. The molecule has 1 amide bonds. The maximum atomic E-state index is 11.8. The predicted molar refractivity (Wildman–Crippen MR) is 84.2 cm³/mol. The van der Waals surface area contributed by atoms with E-state index in [1.54, 1.807) is 24.3 Å². The number of rotatable bonds is 7. The van der Waals surface area contributed by atoms with Crippen molar-refractivity contribution in [2.24, 2.45) is 5.92 Å². The van der Waals surface area contributed by atoms with E-state index >= 15 is 0 Å². The van der Waals surface area contributed by atoms with E-state index in [4.69, 9.17) is 10.5 Å². The van der Waals surface area contributed by atoms with Gasteiger partial charge in [0.1, 0.15) is 5.75 Å². The number of hydrogen-bond acceptors (Lipinski definition) is 4. The SMILES string of the molecule is CC(CNC(=O)COc1ccc(N)cc1)CN1CCCC1. The van der Waals surface area contributed by atoms with E-state index in [1.807, 2.05) is 0 Å². The first-order chi connectivity index (χ1) is 10.1. The fraction of sp³-hybridized carbons (Fsp3) is 0.562. The summed E-state index contributed by atoms with van der Waals surface area (Å²) in [6.45, 7) is 6.34. The number of nitrogens with zero attached hydrogens (tertiary/aromatic N) is 1. The number of ether oxygens (including phenoxy) is 1. The molecule has 5 heteroatoms. The fourth-order valence-electron chi connectivity index (χ4n) is 2.52. The Morgan fingerprint density at radius 3 is 2.67 bits per heavy atom. The second kappa shape index (κ2) is 7.88. The van der Waals surface area contributed by atoms with Gasteiger partial charge in [0.05, 0.1) is 0 Å². The number of nitrogens with one attached hydrogen (secondary N) is 1. The van der Waals surface area contributed by atoms with Gasteiger partial charge in [-0.15, -0.1) is 0 Å². The number of likely N-dealkylation sites (tertiary alicyclic amines) is 1. The van der Waals surface area contributed by atoms with Crippen LogP contribution in [-0.2, 0) is 4.79 Å². The van der Waals surface area contributed by atoms with Crippen molar-refractivity contribution in [3.05, 3.63) is 24.3 Å². The second-order valence-electron chi connectivity index (χ2n) is 5.77. The molecule has 0 bridgehead atoms. The lowest BCUT2D eigenvalue weighted by Gasteiger charge is -2.20. The molecule has 0 radical (unpaired) electrons. The second-order valence-corrected chi connectivity index (χ2v) is 5.77. The fourth-order valence-corrected chi connectivity index (χ4v) is 2.52. The molecule has 2 rings (SSSR count). The summed E-state index contributed by atoms with van der Waals surface area (Å²) in [7, 11) is 0. The van der Waals surface area contributed by atoms with Crippen LogP contribution in [0.15, 0.2) is 24.3 Å². The van der Waals surface area contributed by atoms with Gasteiger partial charge in [-0.3, -0.25) is 4.79 Å². The Balaban J connectivity index is 1.61. The zero-order valence-corrected chi connectivity index (χ0v) is 12.7. The molecule has 116 valence electrons. The van der Waals surface area contributed by atoms with Crippen LogP contribution in [0.1, 0.15) is 19.8 Å². The van der Waals surface area contributed by atoms with Crippen LogP contribution in [0.2, 0.25) is 0 Å². The lowest BCUT2D eigenvalue weighted by atomic mass is 10.1. The van der Waals surface area contributed by atoms with E-state index in [9.17, 15) is 4.79 Å². The Morgan fingerprint density at radius 2 is 2.00 bits per heavy atom. The summed E-state index contributed by atoms with van der Waals surface area (Å²) in [6, 6.07) is 7.04. The molecule has 0 spiro atoms. The topological polar surface area (TPSA) is 67.6 Å². The zero-order valence-electron chi connectivity index (χ0n) is 12.7. The quantitative estimate of drug-likeness (QED) is 0.747. The first-order valence-corrected chi connectivity index (χ1v) is 7.61. The van der Waals surface area contributed by atoms with Crippen molar-refractivity contribution in [1.82, 2.24) is 10.2 Å². The van der Waals surface area contributed by atoms with E-state index in [0.717, 1.165) is 6.54 Å². The molecule has 1 fully saturated rings. The number of benzene rings is 1. The van der Waals surface area contributed by atoms with E-state index in [1.165, 1.54) is 25.9 Å². The summed E-state index contributed by atoms with van der Waals surface area (Å²) in [4.78, 5) is 14.2. The van der Waals surface area contributed by atoms with Crippen LogP contribution in [-0.4, -0.2) is 43.6 Å². The highest BCUT2D eigenvalue weighted by atomic mass is 16.5. The summed E-state index contributed by atoms with van der Waals surface area (Å²) in [5.41, 5.74) is 6.27. The highest BCUT2D eigenvalue weighted by Gasteiger charge is 2.15. The van der Waals surface area contributed by atoms with Crippen LogP contribution < -0.4 is 15.8 Å². The smallest absolute Gasteiger partial charge is 0.257 e. The molecule has 1 aromatic carbocycles. The molecule has 1 aromatic rings. The van der Waals surface area contributed by atoms with Gasteiger partial charge in [-0.25, -0.2) is 0 Å². The van der Waals surface area contributed by atoms with Gasteiger partial charge in [-0.05, 0) is 56.1 Å². The Morgan fingerprint density at radius 1 is 1.33 bits per heavy atom. The van der Waals surface area contributed by atoms with Crippen LogP contribution in [0.3, 0.4) is 0 Å². The van der Waals surface area contributed by atoms with Gasteiger partial charge in [0, 0.05) is 18.8 Å². The van der Waals surface area contributed by atoms with Crippen molar-refractivity contribution in [2.45, 2.75) is 19.8 Å². The number of carbonyl (C=O) groups excluding carboxylic acids is 1. The molecule has 3 N–H and O–H groups in total. The highest BCUT2D eigenvalue weighted by Crippen LogP contribution is 2.13. The van der Waals surface area contributed by atoms with Gasteiger partial charge < -0.3 is 20.7 Å². The Bertz CT molecular complexity index is 441. The van der Waals surface area contributed by atoms with Gasteiger partial charge in [-0.1, -0.05) is 6.92 Å². The molecule has 1 aliphatic rings. The number of nitrogen functional groups attached to an aromatic ring is 1. The third kappa shape index (κ3) is 5.63. The molecule has 0 saturated carbocycles. The van der Waals surface area contributed by atoms with E-state index < -0.39 is 0 Å². The van der Waals surface area contributed by atoms with Gasteiger partial charge in [0.25, 0.3) is 5.91 Å². The van der Waals surface area contributed by atoms with E-state index in [0.29, 0.717) is 23.9 Å². The number of anilines is 1. The minimum absolute atomic E-state index is 0.0420. The minimum Gasteiger partial charge on any atom is -0.484 e. The normalized spacial score (nSPS) is 16.6. The number of carbonyl (C=O) groups is 1. The van der Waals surface area contributed by atoms with Crippen LogP contribution in [0, 0.1) is 5.92 Å². The van der Waals surface area contributed by atoms with Gasteiger partial charge >= 0.3 is 0 Å². The maximum absolute atomic E-state index is 11.8. The molecule has 21 heavy (non-hydrogen) atoms. The first kappa shape index (κ1) is 15.6. The Labute approximate surface area is 126 Å². The number of hydrogen-bond donors (Lipinski definition) is 2. The van der Waals surface area contributed by atoms with Crippen molar-refractivity contribution >= 4 is 11.6 Å². The molecule has 1 unspecified atom stereocenters. The van der Waals surface area contributed by atoms with Crippen molar-refractivity contribution < 1.29 is 9.53 Å². The van der Waals surface area contributed by atoms with Crippen LogP contribution in [0.5, 0.6) is 5.75 Å². The van der Waals surface area contributed by atoms with Crippen molar-refractivity contribution in [3.63, 3.8) is 0 Å². The molecule has 1 aliphatic heterocycles. The van der Waals surface area contributed by atoms with Gasteiger partial charge in [0.15, 0.2) is 6.61 Å². The number of amides is 1. The summed E-state index contributed by atoms with van der Waals surface area (Å²) >= 11 is 0. The maximum Gasteiger partial charge on any atom is 0.257 e. The van der Waals surface area contributed by atoms with Crippen molar-refractivity contribution in [1.29, 1.82) is 0 Å². The third-order valence-electron chi connectivity index (χ3n) is 3.67. The summed E-state index contributed by atoms with van der Waals surface area (Å²) in [5.74, 6) is 1.04. The van der Waals surface area contributed by atoms with Gasteiger partial charge in [0.2, 0.25) is 0 Å². The standard InChI is InChI=1S/C16H25N3O2/c1-13(11-19-8-2-3-9-19)10-18-16(20)12-21-15-6-4-14(17)5-7-15/h4-7,13H,2-3,8-12,17H2,1H3,(H,18,20). The van der Waals surface area contributed by atoms with Crippen LogP contribution >= 0.6 is 0 Å². The molecular weight excluding hydrogens is 266 g/mol. The molecule has 1 saturated heterocycles. The molecule has 5 nitrogen and oxygen atoms in total. The molecule has 1 atom stereocenters.